The van der Waals surface area contributed by atoms with E-state index >= 15 is 0 Å². The molecule has 0 saturated heterocycles. The summed E-state index contributed by atoms with van der Waals surface area (Å²) < 4.78 is 28.8. The second-order valence-corrected chi connectivity index (χ2v) is 10.7. The van der Waals surface area contributed by atoms with Gasteiger partial charge in [-0.3, -0.25) is 14.8 Å². The Morgan fingerprint density at radius 2 is 1.82 bits per heavy atom. The van der Waals surface area contributed by atoms with E-state index in [2.05, 4.69) is 22.2 Å². The van der Waals surface area contributed by atoms with Crippen molar-refractivity contribution in [2.45, 2.75) is 30.2 Å². The van der Waals surface area contributed by atoms with Gasteiger partial charge in [-0.25, -0.2) is 8.42 Å². The Bertz CT molecular complexity index is 1420. The molecule has 5 rings (SSSR count). The van der Waals surface area contributed by atoms with E-state index in [0.717, 1.165) is 23.2 Å². The van der Waals surface area contributed by atoms with Crippen LogP contribution in [0, 0.1) is 23.0 Å². The van der Waals surface area contributed by atoms with Crippen molar-refractivity contribution in [2.75, 3.05) is 10.0 Å². The maximum Gasteiger partial charge on any atom is 0.269 e. The number of non-ortho nitro benzene ring substituents is 1. The van der Waals surface area contributed by atoms with E-state index in [-0.39, 0.29) is 28.5 Å². The number of hydrogen-bond donors (Lipinski definition) is 2. The molecule has 2 aliphatic rings. The Kier molecular flexibility index (Phi) is 5.58. The van der Waals surface area contributed by atoms with Gasteiger partial charge < -0.3 is 5.32 Å². The summed E-state index contributed by atoms with van der Waals surface area (Å²) in [7, 11) is -3.77. The maximum absolute atomic E-state index is 13.1. The van der Waals surface area contributed by atoms with Crippen LogP contribution in [0.3, 0.4) is 0 Å². The Morgan fingerprint density at radius 3 is 2.56 bits per heavy atom. The number of halogens is 1. The number of allylic oxidation sites excluding steroid dienone is 2. The van der Waals surface area contributed by atoms with Crippen LogP contribution in [0.25, 0.3) is 0 Å². The van der Waals surface area contributed by atoms with E-state index in [1.807, 2.05) is 19.1 Å². The van der Waals surface area contributed by atoms with E-state index in [0.29, 0.717) is 16.3 Å². The molecule has 3 aromatic rings. The minimum Gasteiger partial charge on any atom is -0.378 e. The molecule has 3 atom stereocenters. The summed E-state index contributed by atoms with van der Waals surface area (Å²) in [5, 5.41) is 15.2. The molecule has 0 spiro atoms. The van der Waals surface area contributed by atoms with Crippen molar-refractivity contribution in [3.63, 3.8) is 0 Å². The van der Waals surface area contributed by atoms with Crippen LogP contribution < -0.4 is 10.0 Å². The van der Waals surface area contributed by atoms with Gasteiger partial charge >= 0.3 is 0 Å². The number of anilines is 2. The molecule has 0 radical (unpaired) electrons. The Morgan fingerprint density at radius 1 is 1.06 bits per heavy atom. The molecular weight excluding hydrogens is 474 g/mol. The van der Waals surface area contributed by atoms with Gasteiger partial charge in [0.15, 0.2) is 0 Å². The van der Waals surface area contributed by atoms with Gasteiger partial charge in [0.2, 0.25) is 0 Å². The molecule has 0 bridgehead atoms. The number of sulfonamides is 1. The average Bonchev–Trinajstić information content (AvgIpc) is 3.30. The molecule has 0 fully saturated rings. The molecule has 1 heterocycles. The molecule has 0 unspecified atom stereocenters. The second kappa shape index (κ2) is 8.45. The van der Waals surface area contributed by atoms with Gasteiger partial charge in [0.25, 0.3) is 15.7 Å². The summed E-state index contributed by atoms with van der Waals surface area (Å²) >= 11 is 6.45. The summed E-state index contributed by atoms with van der Waals surface area (Å²) in [6.07, 6.45) is 4.89. The van der Waals surface area contributed by atoms with E-state index in [9.17, 15) is 18.5 Å². The molecule has 1 aliphatic carbocycles. The summed E-state index contributed by atoms with van der Waals surface area (Å²) in [6.45, 7) is 1.94. The molecule has 174 valence electrons. The Labute approximate surface area is 202 Å². The third-order valence-electron chi connectivity index (χ3n) is 6.47. The summed E-state index contributed by atoms with van der Waals surface area (Å²) in [4.78, 5) is 11.1. The number of nitro benzene ring substituents is 1. The molecule has 7 nitrogen and oxygen atoms in total. The number of nitrogens with one attached hydrogen (secondary N) is 2. The van der Waals surface area contributed by atoms with Gasteiger partial charge in [0.05, 0.1) is 15.9 Å². The van der Waals surface area contributed by atoms with Gasteiger partial charge in [-0.05, 0) is 61.2 Å². The highest BCUT2D eigenvalue weighted by atomic mass is 35.5. The largest absolute Gasteiger partial charge is 0.378 e. The normalized spacial score (nSPS) is 20.8. The van der Waals surface area contributed by atoms with Crippen LogP contribution in [0.5, 0.6) is 0 Å². The van der Waals surface area contributed by atoms with Crippen LogP contribution in [0.15, 0.2) is 77.7 Å². The Balaban J connectivity index is 1.50. The van der Waals surface area contributed by atoms with Crippen molar-refractivity contribution in [2.24, 2.45) is 5.92 Å². The van der Waals surface area contributed by atoms with Gasteiger partial charge in [0.1, 0.15) is 0 Å². The summed E-state index contributed by atoms with van der Waals surface area (Å²) in [6, 6.07) is 16.4. The van der Waals surface area contributed by atoms with Crippen molar-refractivity contribution in [1.29, 1.82) is 0 Å². The summed E-state index contributed by atoms with van der Waals surface area (Å²) in [5.74, 6) is 0.0149. The number of aryl methyl sites for hydroxylation is 1. The van der Waals surface area contributed by atoms with Gasteiger partial charge in [-0.15, -0.1) is 0 Å². The lowest BCUT2D eigenvalue weighted by atomic mass is 9.77. The number of nitro groups is 1. The highest BCUT2D eigenvalue weighted by Gasteiger charge is 2.39. The third-order valence-corrected chi connectivity index (χ3v) is 8.20. The number of fused-ring (bicyclic) bond motifs is 3. The minimum absolute atomic E-state index is 0.0156. The van der Waals surface area contributed by atoms with Crippen LogP contribution in [-0.4, -0.2) is 13.3 Å². The van der Waals surface area contributed by atoms with Crippen LogP contribution in [0.1, 0.15) is 35.1 Å². The van der Waals surface area contributed by atoms with Crippen molar-refractivity contribution in [1.82, 2.24) is 0 Å². The van der Waals surface area contributed by atoms with Gasteiger partial charge in [-0.2, -0.15) is 0 Å². The van der Waals surface area contributed by atoms with E-state index in [1.54, 1.807) is 36.4 Å². The highest BCUT2D eigenvalue weighted by molar-refractivity contribution is 7.92. The fraction of sp³-hybridized carbons (Fsp3) is 0.200. The molecule has 34 heavy (non-hydrogen) atoms. The van der Waals surface area contributed by atoms with E-state index < -0.39 is 14.9 Å². The molecule has 2 N–H and O–H groups in total. The SMILES string of the molecule is Cc1ccc(NS(=O)(=O)c2ccc3c(c2)[C@H]2C=CC[C@H]2[C@@H](c2cc([N+](=O)[O-])ccc2Cl)N3)cc1. The van der Waals surface area contributed by atoms with Crippen molar-refractivity contribution < 1.29 is 13.3 Å². The smallest absolute Gasteiger partial charge is 0.269 e. The van der Waals surface area contributed by atoms with Crippen LogP contribution >= 0.6 is 11.6 Å². The molecule has 1 aliphatic heterocycles. The lowest BCUT2D eigenvalue weighted by molar-refractivity contribution is -0.384. The van der Waals surface area contributed by atoms with Crippen LogP contribution in [0.4, 0.5) is 17.1 Å². The Hall–Kier alpha value is -3.36. The number of hydrogen-bond acceptors (Lipinski definition) is 5. The van der Waals surface area contributed by atoms with Crippen LogP contribution in [0.2, 0.25) is 5.02 Å². The van der Waals surface area contributed by atoms with E-state index in [4.69, 9.17) is 11.6 Å². The van der Waals surface area contributed by atoms with Crippen LogP contribution in [-0.2, 0) is 10.0 Å². The predicted octanol–water partition coefficient (Wildman–Crippen LogP) is 6.18. The van der Waals surface area contributed by atoms with Crippen molar-refractivity contribution >= 4 is 38.7 Å². The zero-order chi connectivity index (χ0) is 24.0. The standard InChI is InChI=1S/C25H22ClN3O4S/c1-15-5-7-16(8-6-15)28-34(32,33)18-10-12-24-21(14-18)19-3-2-4-20(19)25(27-24)22-13-17(29(30)31)9-11-23(22)26/h2-3,5-14,19-20,25,27-28H,4H2,1H3/t19-,20+,25-/m0/s1. The first kappa shape index (κ1) is 22.4. The average molecular weight is 496 g/mol. The fourth-order valence-corrected chi connectivity index (χ4v) is 6.09. The number of benzene rings is 3. The second-order valence-electron chi connectivity index (χ2n) is 8.66. The first-order chi connectivity index (χ1) is 16.2. The molecule has 0 saturated carbocycles. The quantitative estimate of drug-likeness (QED) is 0.250. The number of nitrogens with zero attached hydrogens (tertiary/aromatic N) is 1. The van der Waals surface area contributed by atoms with Crippen molar-refractivity contribution in [3.8, 4) is 0 Å². The molecule has 0 aromatic heterocycles. The van der Waals surface area contributed by atoms with Gasteiger partial charge in [0, 0.05) is 40.0 Å². The molecule has 9 heteroatoms. The predicted molar refractivity (Wildman–Crippen MR) is 133 cm³/mol. The lowest BCUT2D eigenvalue weighted by Gasteiger charge is -2.38. The highest BCUT2D eigenvalue weighted by Crippen LogP contribution is 2.51. The first-order valence-electron chi connectivity index (χ1n) is 10.8. The third kappa shape index (κ3) is 4.03. The van der Waals surface area contributed by atoms with Gasteiger partial charge in [-0.1, -0.05) is 41.4 Å². The minimum atomic E-state index is -3.77. The lowest BCUT2D eigenvalue weighted by Crippen LogP contribution is -2.29. The zero-order valence-electron chi connectivity index (χ0n) is 18.2. The fourth-order valence-electron chi connectivity index (χ4n) is 4.77. The zero-order valence-corrected chi connectivity index (χ0v) is 19.8. The topological polar surface area (TPSA) is 101 Å². The molecular formula is C25H22ClN3O4S. The van der Waals surface area contributed by atoms with Crippen molar-refractivity contribution in [3.05, 3.63) is 105 Å². The molecule has 0 amide bonds. The maximum atomic E-state index is 13.1. The number of rotatable bonds is 5. The monoisotopic (exact) mass is 495 g/mol. The van der Waals surface area contributed by atoms with E-state index in [1.165, 1.54) is 12.1 Å². The summed E-state index contributed by atoms with van der Waals surface area (Å²) in [5.41, 5.74) is 3.86. The molecule has 3 aromatic carbocycles. The first-order valence-corrected chi connectivity index (χ1v) is 12.7.